The lowest BCUT2D eigenvalue weighted by molar-refractivity contribution is 0.0859. The molecule has 3 heteroatoms. The molecule has 0 spiro atoms. The van der Waals surface area contributed by atoms with Crippen LogP contribution >= 0.6 is 11.3 Å². The van der Waals surface area contributed by atoms with Crippen LogP contribution in [0.2, 0.25) is 0 Å². The van der Waals surface area contributed by atoms with Crippen molar-refractivity contribution in [3.63, 3.8) is 0 Å². The zero-order valence-electron chi connectivity index (χ0n) is 12.5. The Morgan fingerprint density at radius 1 is 1.33 bits per heavy atom. The zero-order valence-corrected chi connectivity index (χ0v) is 13.4. The Bertz CT molecular complexity index is 622. The van der Waals surface area contributed by atoms with Crippen molar-refractivity contribution >= 4 is 21.4 Å². The van der Waals surface area contributed by atoms with E-state index < -0.39 is 0 Å². The van der Waals surface area contributed by atoms with E-state index >= 15 is 0 Å². The van der Waals surface area contributed by atoms with Gasteiger partial charge < -0.3 is 10.1 Å². The minimum absolute atomic E-state index is 0.504. The van der Waals surface area contributed by atoms with Crippen molar-refractivity contribution in [1.29, 1.82) is 0 Å². The van der Waals surface area contributed by atoms with Crippen LogP contribution in [0.3, 0.4) is 0 Å². The number of nitrogens with one attached hydrogen (secondary N) is 1. The minimum Gasteiger partial charge on any atom is -0.375 e. The SMILES string of the molecule is CCNC(Cc1csc2ccccc12)C1CC2CCC1O2. The fourth-order valence-electron chi connectivity index (χ4n) is 4.17. The van der Waals surface area contributed by atoms with Crippen molar-refractivity contribution in [3.8, 4) is 0 Å². The van der Waals surface area contributed by atoms with Crippen LogP contribution < -0.4 is 5.32 Å². The minimum atomic E-state index is 0.504. The Kier molecular flexibility index (Phi) is 3.74. The summed E-state index contributed by atoms with van der Waals surface area (Å²) in [5, 5.41) is 7.53. The number of rotatable bonds is 5. The average molecular weight is 301 g/mol. The normalized spacial score (nSPS) is 29.3. The molecule has 4 rings (SSSR count). The van der Waals surface area contributed by atoms with Gasteiger partial charge in [0, 0.05) is 16.7 Å². The van der Waals surface area contributed by atoms with E-state index in [1.165, 1.54) is 34.9 Å². The first kappa shape index (κ1) is 13.7. The second-order valence-corrected chi connectivity index (χ2v) is 7.31. The van der Waals surface area contributed by atoms with E-state index in [-0.39, 0.29) is 0 Å². The highest BCUT2D eigenvalue weighted by Gasteiger charge is 2.44. The molecule has 2 aliphatic heterocycles. The zero-order chi connectivity index (χ0) is 14.2. The lowest BCUT2D eigenvalue weighted by atomic mass is 9.81. The van der Waals surface area contributed by atoms with Gasteiger partial charge in [0.15, 0.2) is 0 Å². The summed E-state index contributed by atoms with van der Waals surface area (Å²) in [5.74, 6) is 0.697. The summed E-state index contributed by atoms with van der Waals surface area (Å²) < 4.78 is 7.49. The van der Waals surface area contributed by atoms with Crippen molar-refractivity contribution in [2.45, 2.75) is 50.9 Å². The van der Waals surface area contributed by atoms with Gasteiger partial charge in [-0.25, -0.2) is 0 Å². The first-order valence-electron chi connectivity index (χ1n) is 8.19. The molecule has 3 heterocycles. The highest BCUT2D eigenvalue weighted by atomic mass is 32.1. The van der Waals surface area contributed by atoms with Gasteiger partial charge in [0.25, 0.3) is 0 Å². The van der Waals surface area contributed by atoms with Crippen LogP contribution in [0.15, 0.2) is 29.6 Å². The van der Waals surface area contributed by atoms with Gasteiger partial charge in [0.2, 0.25) is 0 Å². The number of hydrogen-bond donors (Lipinski definition) is 1. The Labute approximate surface area is 130 Å². The second kappa shape index (κ2) is 5.71. The molecule has 1 aromatic heterocycles. The van der Waals surface area contributed by atoms with Crippen LogP contribution in [0.4, 0.5) is 0 Å². The van der Waals surface area contributed by atoms with E-state index in [4.69, 9.17) is 4.74 Å². The average Bonchev–Trinajstić information content (AvgIpc) is 3.22. The Hall–Kier alpha value is -0.900. The Morgan fingerprint density at radius 2 is 2.24 bits per heavy atom. The Balaban J connectivity index is 1.57. The van der Waals surface area contributed by atoms with E-state index in [0.717, 1.165) is 13.0 Å². The molecular weight excluding hydrogens is 278 g/mol. The van der Waals surface area contributed by atoms with Gasteiger partial charge in [-0.3, -0.25) is 0 Å². The number of hydrogen-bond acceptors (Lipinski definition) is 3. The maximum Gasteiger partial charge on any atom is 0.0623 e. The maximum atomic E-state index is 6.08. The van der Waals surface area contributed by atoms with Gasteiger partial charge in [-0.15, -0.1) is 11.3 Å². The van der Waals surface area contributed by atoms with Crippen LogP contribution in [-0.4, -0.2) is 24.8 Å². The molecular formula is C18H23NOS. The molecule has 21 heavy (non-hydrogen) atoms. The van der Waals surface area contributed by atoms with Crippen molar-refractivity contribution in [2.75, 3.05) is 6.54 Å². The lowest BCUT2D eigenvalue weighted by Crippen LogP contribution is -2.42. The number of ether oxygens (including phenoxy) is 1. The molecule has 4 atom stereocenters. The first-order chi connectivity index (χ1) is 10.3. The van der Waals surface area contributed by atoms with E-state index in [0.29, 0.717) is 24.2 Å². The van der Waals surface area contributed by atoms with Gasteiger partial charge in [-0.1, -0.05) is 25.1 Å². The van der Waals surface area contributed by atoms with Gasteiger partial charge in [0.1, 0.15) is 0 Å². The third-order valence-electron chi connectivity index (χ3n) is 5.14. The summed E-state index contributed by atoms with van der Waals surface area (Å²) >= 11 is 1.87. The monoisotopic (exact) mass is 301 g/mol. The summed E-state index contributed by atoms with van der Waals surface area (Å²) in [6.07, 6.45) is 5.98. The Morgan fingerprint density at radius 3 is 3.00 bits per heavy atom. The molecule has 2 aromatic rings. The fourth-order valence-corrected chi connectivity index (χ4v) is 5.14. The molecule has 2 fully saturated rings. The lowest BCUT2D eigenvalue weighted by Gasteiger charge is -2.29. The van der Waals surface area contributed by atoms with Gasteiger partial charge in [0.05, 0.1) is 12.2 Å². The van der Waals surface area contributed by atoms with E-state index in [1.807, 2.05) is 11.3 Å². The summed E-state index contributed by atoms with van der Waals surface area (Å²) in [6.45, 7) is 3.26. The molecule has 0 aliphatic carbocycles. The third kappa shape index (κ3) is 2.52. The van der Waals surface area contributed by atoms with E-state index in [9.17, 15) is 0 Å². The molecule has 4 unspecified atom stereocenters. The van der Waals surface area contributed by atoms with E-state index in [2.05, 4.69) is 41.9 Å². The molecule has 1 aromatic carbocycles. The molecule has 1 N–H and O–H groups in total. The first-order valence-corrected chi connectivity index (χ1v) is 9.07. The fraction of sp³-hybridized carbons (Fsp3) is 0.556. The standard InChI is InChI=1S/C18H23NOS/c1-2-19-16(15-10-13-7-8-17(15)20-13)9-12-11-21-18-6-4-3-5-14(12)18/h3-6,11,13,15-17,19H,2,7-10H2,1H3. The van der Waals surface area contributed by atoms with Crippen LogP contribution in [0.1, 0.15) is 31.7 Å². The predicted octanol–water partition coefficient (Wildman–Crippen LogP) is 3.99. The molecule has 0 saturated carbocycles. The van der Waals surface area contributed by atoms with E-state index in [1.54, 1.807) is 0 Å². The number of thiophene rings is 1. The molecule has 2 saturated heterocycles. The maximum absolute atomic E-state index is 6.08. The number of benzene rings is 1. The van der Waals surface area contributed by atoms with Gasteiger partial charge in [-0.2, -0.15) is 0 Å². The van der Waals surface area contributed by atoms with Gasteiger partial charge in [-0.05, 0) is 54.6 Å². The van der Waals surface area contributed by atoms with Crippen LogP contribution in [0.25, 0.3) is 10.1 Å². The third-order valence-corrected chi connectivity index (χ3v) is 6.15. The smallest absolute Gasteiger partial charge is 0.0623 e. The summed E-state index contributed by atoms with van der Waals surface area (Å²) in [4.78, 5) is 0. The quantitative estimate of drug-likeness (QED) is 0.901. The van der Waals surface area contributed by atoms with Crippen molar-refractivity contribution < 1.29 is 4.74 Å². The molecule has 2 aliphatic rings. The summed E-state index contributed by atoms with van der Waals surface area (Å²) in [5.41, 5.74) is 1.50. The predicted molar refractivity (Wildman–Crippen MR) is 89.0 cm³/mol. The molecule has 2 nitrogen and oxygen atoms in total. The van der Waals surface area contributed by atoms with Crippen molar-refractivity contribution in [2.24, 2.45) is 5.92 Å². The largest absolute Gasteiger partial charge is 0.375 e. The van der Waals surface area contributed by atoms with Crippen LogP contribution in [-0.2, 0) is 11.2 Å². The van der Waals surface area contributed by atoms with Crippen molar-refractivity contribution in [3.05, 3.63) is 35.2 Å². The molecule has 0 amide bonds. The molecule has 0 radical (unpaired) electrons. The molecule has 112 valence electrons. The van der Waals surface area contributed by atoms with Crippen molar-refractivity contribution in [1.82, 2.24) is 5.32 Å². The van der Waals surface area contributed by atoms with Crippen LogP contribution in [0.5, 0.6) is 0 Å². The highest BCUT2D eigenvalue weighted by Crippen LogP contribution is 2.41. The summed E-state index contributed by atoms with van der Waals surface area (Å²) in [6, 6.07) is 9.34. The topological polar surface area (TPSA) is 21.3 Å². The number of likely N-dealkylation sites (N-methyl/N-ethyl adjacent to an activating group) is 1. The second-order valence-electron chi connectivity index (χ2n) is 6.40. The summed E-state index contributed by atoms with van der Waals surface area (Å²) in [7, 11) is 0. The van der Waals surface area contributed by atoms with Gasteiger partial charge >= 0.3 is 0 Å². The van der Waals surface area contributed by atoms with Crippen LogP contribution in [0, 0.1) is 5.92 Å². The highest BCUT2D eigenvalue weighted by molar-refractivity contribution is 7.17. The number of fused-ring (bicyclic) bond motifs is 3. The molecule has 2 bridgehead atoms.